The number of hydrogen-bond donors (Lipinski definition) is 1. The molecule has 3 rings (SSSR count). The molecule has 0 saturated heterocycles. The van der Waals surface area contributed by atoms with Crippen LogP contribution >= 0.6 is 0 Å². The van der Waals surface area contributed by atoms with Crippen molar-refractivity contribution in [1.82, 2.24) is 0 Å². The summed E-state index contributed by atoms with van der Waals surface area (Å²) in [6.45, 7) is 0. The third-order valence-corrected chi connectivity index (χ3v) is 6.61. The van der Waals surface area contributed by atoms with Gasteiger partial charge in [0.2, 0.25) is 0 Å². The van der Waals surface area contributed by atoms with Gasteiger partial charge < -0.3 is 5.11 Å². The van der Waals surface area contributed by atoms with Gasteiger partial charge in [-0.05, 0) is 55.2 Å². The van der Waals surface area contributed by atoms with Crippen molar-refractivity contribution < 1.29 is 18.3 Å². The van der Waals surface area contributed by atoms with Crippen molar-refractivity contribution in [2.75, 3.05) is 5.75 Å². The number of carbonyl (C=O) groups is 1. The van der Waals surface area contributed by atoms with E-state index in [1.807, 2.05) is 6.08 Å². The third kappa shape index (κ3) is 4.02. The van der Waals surface area contributed by atoms with Crippen molar-refractivity contribution in [1.29, 1.82) is 0 Å². The normalized spacial score (nSPS) is 19.9. The molecule has 0 atom stereocenters. The summed E-state index contributed by atoms with van der Waals surface area (Å²) in [6.07, 6.45) is 8.17. The van der Waals surface area contributed by atoms with Gasteiger partial charge in [0.25, 0.3) is 0 Å². The predicted molar refractivity (Wildman–Crippen MR) is 88.8 cm³/mol. The highest BCUT2D eigenvalue weighted by Crippen LogP contribution is 2.33. The van der Waals surface area contributed by atoms with E-state index in [4.69, 9.17) is 0 Å². The smallest absolute Gasteiger partial charge is 0.335 e. The Morgan fingerprint density at radius 2 is 1.70 bits per heavy atom. The van der Waals surface area contributed by atoms with Crippen LogP contribution in [0, 0.1) is 11.8 Å². The van der Waals surface area contributed by atoms with Gasteiger partial charge in [-0.25, -0.2) is 13.2 Å². The zero-order chi connectivity index (χ0) is 16.4. The van der Waals surface area contributed by atoms with E-state index in [0.717, 1.165) is 38.5 Å². The van der Waals surface area contributed by atoms with Gasteiger partial charge in [0.1, 0.15) is 0 Å². The van der Waals surface area contributed by atoms with E-state index in [0.29, 0.717) is 22.3 Å². The highest BCUT2D eigenvalue weighted by atomic mass is 32.2. The number of hydrogen-bond acceptors (Lipinski definition) is 3. The van der Waals surface area contributed by atoms with Gasteiger partial charge in [-0.15, -0.1) is 0 Å². The second-order valence-corrected chi connectivity index (χ2v) is 8.71. The summed E-state index contributed by atoms with van der Waals surface area (Å²) in [5.74, 6) is -0.128. The Morgan fingerprint density at radius 3 is 2.22 bits per heavy atom. The molecule has 0 unspecified atom stereocenters. The van der Waals surface area contributed by atoms with E-state index in [1.165, 1.54) is 0 Å². The van der Waals surface area contributed by atoms with E-state index < -0.39 is 15.8 Å². The first kappa shape index (κ1) is 16.2. The summed E-state index contributed by atoms with van der Waals surface area (Å²) >= 11 is 0. The zero-order valence-corrected chi connectivity index (χ0v) is 13.9. The van der Waals surface area contributed by atoms with Gasteiger partial charge in [0.05, 0.1) is 16.2 Å². The fraction of sp³-hybridized carbons (Fsp3) is 0.500. The number of carboxylic acid groups (broad SMARTS) is 1. The number of allylic oxidation sites excluding steroid dienone is 1. The van der Waals surface area contributed by atoms with Crippen LogP contribution in [0.15, 0.2) is 35.2 Å². The van der Waals surface area contributed by atoms with Crippen LogP contribution in [0.4, 0.5) is 0 Å². The molecule has 2 aliphatic carbocycles. The Morgan fingerprint density at radius 1 is 1.09 bits per heavy atom. The molecule has 124 valence electrons. The van der Waals surface area contributed by atoms with Crippen LogP contribution in [-0.4, -0.2) is 25.2 Å². The molecular weight excluding hydrogens is 312 g/mol. The highest BCUT2D eigenvalue weighted by molar-refractivity contribution is 7.91. The minimum absolute atomic E-state index is 0.204. The Labute approximate surface area is 137 Å². The lowest BCUT2D eigenvalue weighted by molar-refractivity contribution is -0.130. The maximum Gasteiger partial charge on any atom is 0.335 e. The summed E-state index contributed by atoms with van der Waals surface area (Å²) in [4.78, 5) is 11.8. The molecule has 0 bridgehead atoms. The first-order valence-electron chi connectivity index (χ1n) is 8.24. The first-order chi connectivity index (χ1) is 11.0. The van der Waals surface area contributed by atoms with Crippen LogP contribution in [-0.2, 0) is 14.6 Å². The van der Waals surface area contributed by atoms with Crippen molar-refractivity contribution in [3.05, 3.63) is 35.9 Å². The van der Waals surface area contributed by atoms with Gasteiger partial charge in [0.15, 0.2) is 9.84 Å². The van der Waals surface area contributed by atoms with Crippen LogP contribution in [0.25, 0.3) is 5.57 Å². The second kappa shape index (κ2) is 6.48. The minimum atomic E-state index is -3.25. The topological polar surface area (TPSA) is 71.4 Å². The monoisotopic (exact) mass is 334 g/mol. The van der Waals surface area contributed by atoms with Gasteiger partial charge >= 0.3 is 5.97 Å². The first-order valence-corrected chi connectivity index (χ1v) is 9.89. The quantitative estimate of drug-likeness (QED) is 0.808. The molecular formula is C18H22O4S. The Bertz CT molecular complexity index is 706. The van der Waals surface area contributed by atoms with Crippen LogP contribution in [0.1, 0.15) is 44.1 Å². The molecule has 0 aliphatic heterocycles. The van der Waals surface area contributed by atoms with E-state index in [2.05, 4.69) is 0 Å². The van der Waals surface area contributed by atoms with Gasteiger partial charge in [-0.2, -0.15) is 0 Å². The lowest BCUT2D eigenvalue weighted by Gasteiger charge is -2.09. The number of rotatable bonds is 6. The fourth-order valence-electron chi connectivity index (χ4n) is 3.18. The van der Waals surface area contributed by atoms with Crippen LogP contribution in [0.5, 0.6) is 0 Å². The molecule has 1 aromatic rings. The van der Waals surface area contributed by atoms with Crippen molar-refractivity contribution >= 4 is 21.4 Å². The van der Waals surface area contributed by atoms with Crippen molar-refractivity contribution in [2.45, 2.75) is 43.4 Å². The summed E-state index contributed by atoms with van der Waals surface area (Å²) < 4.78 is 24.5. The summed E-state index contributed by atoms with van der Waals surface area (Å²) in [7, 11) is -3.25. The molecule has 0 amide bonds. The van der Waals surface area contributed by atoms with Crippen molar-refractivity contribution in [3.63, 3.8) is 0 Å². The number of sulfone groups is 1. The van der Waals surface area contributed by atoms with E-state index in [-0.39, 0.29) is 11.3 Å². The lowest BCUT2D eigenvalue weighted by Crippen LogP contribution is -2.09. The minimum Gasteiger partial charge on any atom is -0.478 e. The molecule has 1 N–H and O–H groups in total. The molecule has 2 saturated carbocycles. The summed E-state index contributed by atoms with van der Waals surface area (Å²) in [5.41, 5.74) is 0.859. The molecule has 0 heterocycles. The average Bonchev–Trinajstić information content (AvgIpc) is 3.15. The van der Waals surface area contributed by atoms with Gasteiger partial charge in [-0.3, -0.25) is 0 Å². The average molecular weight is 334 g/mol. The molecule has 2 aliphatic rings. The van der Waals surface area contributed by atoms with Crippen molar-refractivity contribution in [3.8, 4) is 0 Å². The van der Waals surface area contributed by atoms with Crippen molar-refractivity contribution in [2.24, 2.45) is 11.8 Å². The molecule has 2 fully saturated rings. The third-order valence-electron chi connectivity index (χ3n) is 4.71. The number of carboxylic acids is 1. The molecule has 0 aromatic heterocycles. The van der Waals surface area contributed by atoms with Crippen LogP contribution in [0.2, 0.25) is 0 Å². The summed E-state index contributed by atoms with van der Waals surface area (Å²) in [5, 5.41) is 9.46. The van der Waals surface area contributed by atoms with Gasteiger partial charge in [-0.1, -0.05) is 31.1 Å². The lowest BCUT2D eigenvalue weighted by atomic mass is 9.99. The second-order valence-electron chi connectivity index (χ2n) is 6.68. The standard InChI is InChI=1S/C18H22O4S/c19-18(20)17(11-13-3-1-2-4-13)15-7-9-16(10-8-15)23(21,22)12-14-5-6-14/h7-11,13-14H,1-6,12H2,(H,19,20)/b17-11+. The number of benzene rings is 1. The maximum absolute atomic E-state index is 12.2. The molecule has 1 aromatic carbocycles. The number of aliphatic carboxylic acids is 1. The van der Waals surface area contributed by atoms with Crippen LogP contribution in [0.3, 0.4) is 0 Å². The largest absolute Gasteiger partial charge is 0.478 e. The van der Waals surface area contributed by atoms with E-state index in [9.17, 15) is 18.3 Å². The Kier molecular flexibility index (Phi) is 4.57. The predicted octanol–water partition coefficient (Wildman–Crippen LogP) is 3.53. The van der Waals surface area contributed by atoms with E-state index >= 15 is 0 Å². The zero-order valence-electron chi connectivity index (χ0n) is 13.1. The molecule has 5 heteroatoms. The maximum atomic E-state index is 12.2. The highest BCUT2D eigenvalue weighted by Gasteiger charge is 2.29. The fourth-order valence-corrected chi connectivity index (χ4v) is 4.88. The molecule has 0 radical (unpaired) electrons. The molecule has 0 spiro atoms. The Hall–Kier alpha value is -1.62. The van der Waals surface area contributed by atoms with E-state index in [1.54, 1.807) is 24.3 Å². The molecule has 23 heavy (non-hydrogen) atoms. The molecule has 4 nitrogen and oxygen atoms in total. The SMILES string of the molecule is O=C(O)/C(=C/C1CCCC1)c1ccc(S(=O)(=O)CC2CC2)cc1. The van der Waals surface area contributed by atoms with Gasteiger partial charge in [0, 0.05) is 0 Å². The van der Waals surface area contributed by atoms with Crippen LogP contribution < -0.4 is 0 Å². The summed E-state index contributed by atoms with van der Waals surface area (Å²) in [6, 6.07) is 6.32. The Balaban J connectivity index is 1.82.